The van der Waals surface area contributed by atoms with Gasteiger partial charge in [-0.25, -0.2) is 4.99 Å². The van der Waals surface area contributed by atoms with E-state index in [1.807, 2.05) is 54.6 Å². The first-order chi connectivity index (χ1) is 8.78. The van der Waals surface area contributed by atoms with E-state index < -0.39 is 0 Å². The fourth-order valence-electron chi connectivity index (χ4n) is 1.55. The van der Waals surface area contributed by atoms with Crippen LogP contribution in [0.5, 0.6) is 0 Å². The van der Waals surface area contributed by atoms with Crippen molar-refractivity contribution in [1.29, 1.82) is 0 Å². The van der Waals surface area contributed by atoms with E-state index in [1.165, 1.54) is 5.56 Å². The Balaban J connectivity index is 2.15. The maximum absolute atomic E-state index is 5.91. The number of para-hydroxylation sites is 1. The Labute approximate surface area is 112 Å². The molecule has 0 aliphatic carbocycles. The van der Waals surface area contributed by atoms with Gasteiger partial charge in [-0.05, 0) is 31.2 Å². The summed E-state index contributed by atoms with van der Waals surface area (Å²) in [5.74, 6) is 1.09. The van der Waals surface area contributed by atoms with Crippen molar-refractivity contribution >= 4 is 28.8 Å². The molecule has 0 aromatic heterocycles. The van der Waals surface area contributed by atoms with Crippen molar-refractivity contribution < 1.29 is 0 Å². The number of rotatable bonds is 3. The normalized spacial score (nSPS) is 11.3. The van der Waals surface area contributed by atoms with Crippen molar-refractivity contribution in [3.05, 3.63) is 60.2 Å². The van der Waals surface area contributed by atoms with Crippen LogP contribution in [0.25, 0.3) is 0 Å². The van der Waals surface area contributed by atoms with Crippen LogP contribution in [0.3, 0.4) is 0 Å². The number of nitrogens with zero attached hydrogens (tertiary/aromatic N) is 1. The number of anilines is 1. The highest BCUT2D eigenvalue weighted by atomic mass is 35.5. The van der Waals surface area contributed by atoms with Crippen molar-refractivity contribution in [1.82, 2.24) is 0 Å². The predicted octanol–water partition coefficient (Wildman–Crippen LogP) is 4.38. The SMILES string of the molecule is Cc1ccc(N=C(CCl)Nc2ccccc2)cc1. The number of nitrogens with one attached hydrogen (secondary N) is 1. The second-order valence-corrected chi connectivity index (χ2v) is 4.29. The van der Waals surface area contributed by atoms with Gasteiger partial charge in [0.05, 0.1) is 11.6 Å². The Morgan fingerprint density at radius 2 is 1.72 bits per heavy atom. The lowest BCUT2D eigenvalue weighted by molar-refractivity contribution is 1.42. The molecule has 0 spiro atoms. The first kappa shape index (κ1) is 12.7. The van der Waals surface area contributed by atoms with E-state index in [4.69, 9.17) is 11.6 Å². The monoisotopic (exact) mass is 258 g/mol. The summed E-state index contributed by atoms with van der Waals surface area (Å²) in [6.07, 6.45) is 0. The summed E-state index contributed by atoms with van der Waals surface area (Å²) >= 11 is 5.91. The number of benzene rings is 2. The lowest BCUT2D eigenvalue weighted by Crippen LogP contribution is -2.13. The first-order valence-electron chi connectivity index (χ1n) is 5.80. The Morgan fingerprint density at radius 1 is 1.06 bits per heavy atom. The molecule has 2 aromatic carbocycles. The van der Waals surface area contributed by atoms with E-state index >= 15 is 0 Å². The molecule has 0 bridgehead atoms. The zero-order valence-electron chi connectivity index (χ0n) is 10.2. The summed E-state index contributed by atoms with van der Waals surface area (Å²) in [4.78, 5) is 4.49. The van der Waals surface area contributed by atoms with Gasteiger partial charge in [-0.2, -0.15) is 0 Å². The zero-order valence-corrected chi connectivity index (χ0v) is 11.0. The van der Waals surface area contributed by atoms with Gasteiger partial charge in [-0.1, -0.05) is 35.9 Å². The van der Waals surface area contributed by atoms with E-state index in [0.717, 1.165) is 17.2 Å². The highest BCUT2D eigenvalue weighted by Crippen LogP contribution is 2.14. The molecule has 18 heavy (non-hydrogen) atoms. The second-order valence-electron chi connectivity index (χ2n) is 4.02. The molecule has 0 saturated carbocycles. The topological polar surface area (TPSA) is 24.4 Å². The van der Waals surface area contributed by atoms with Gasteiger partial charge >= 0.3 is 0 Å². The molecular formula is C15H15ClN2. The number of hydrogen-bond donors (Lipinski definition) is 1. The van der Waals surface area contributed by atoms with Gasteiger partial charge in [0.15, 0.2) is 0 Å². The van der Waals surface area contributed by atoms with Crippen molar-refractivity contribution in [2.24, 2.45) is 4.99 Å². The summed E-state index contributed by atoms with van der Waals surface area (Å²) in [5.41, 5.74) is 3.11. The third-order valence-electron chi connectivity index (χ3n) is 2.49. The fraction of sp³-hybridized carbons (Fsp3) is 0.133. The molecule has 0 aliphatic rings. The highest BCUT2D eigenvalue weighted by molar-refractivity contribution is 6.30. The molecule has 2 aromatic rings. The van der Waals surface area contributed by atoms with Crippen molar-refractivity contribution in [3.63, 3.8) is 0 Å². The summed E-state index contributed by atoms with van der Waals surface area (Å²) in [7, 11) is 0. The molecule has 2 rings (SSSR count). The number of aliphatic imine (C=N–C) groups is 1. The zero-order chi connectivity index (χ0) is 12.8. The van der Waals surface area contributed by atoms with Gasteiger partial charge in [0.1, 0.15) is 5.84 Å². The average Bonchev–Trinajstić information content (AvgIpc) is 2.41. The minimum Gasteiger partial charge on any atom is -0.343 e. The maximum Gasteiger partial charge on any atom is 0.122 e. The van der Waals surface area contributed by atoms with E-state index in [2.05, 4.69) is 17.2 Å². The van der Waals surface area contributed by atoms with E-state index in [9.17, 15) is 0 Å². The number of hydrogen-bond acceptors (Lipinski definition) is 1. The van der Waals surface area contributed by atoms with E-state index in [1.54, 1.807) is 0 Å². The molecule has 1 N–H and O–H groups in total. The first-order valence-corrected chi connectivity index (χ1v) is 6.33. The molecule has 0 unspecified atom stereocenters. The molecule has 0 amide bonds. The van der Waals surface area contributed by atoms with Gasteiger partial charge in [0.25, 0.3) is 0 Å². The van der Waals surface area contributed by atoms with Gasteiger partial charge in [-0.15, -0.1) is 11.6 Å². The van der Waals surface area contributed by atoms with Gasteiger partial charge < -0.3 is 5.32 Å². The Morgan fingerprint density at radius 3 is 2.33 bits per heavy atom. The Hall–Kier alpha value is -1.80. The number of aryl methyl sites for hydroxylation is 1. The summed E-state index contributed by atoms with van der Waals surface area (Å²) < 4.78 is 0. The standard InChI is InChI=1S/C15H15ClN2/c1-12-7-9-14(10-8-12)18-15(11-16)17-13-5-3-2-4-6-13/h2-10H,11H2,1H3,(H,17,18). The fourth-order valence-corrected chi connectivity index (χ4v) is 1.68. The van der Waals surface area contributed by atoms with Crippen LogP contribution >= 0.6 is 11.6 Å². The summed E-state index contributed by atoms with van der Waals surface area (Å²) in [5, 5.41) is 3.21. The minimum atomic E-state index is 0.350. The van der Waals surface area contributed by atoms with Gasteiger partial charge in [0.2, 0.25) is 0 Å². The van der Waals surface area contributed by atoms with Crippen LogP contribution in [0.15, 0.2) is 59.6 Å². The summed E-state index contributed by atoms with van der Waals surface area (Å²) in [6.45, 7) is 2.05. The molecule has 92 valence electrons. The molecule has 2 nitrogen and oxygen atoms in total. The third kappa shape index (κ3) is 3.60. The molecule has 3 heteroatoms. The lowest BCUT2D eigenvalue weighted by atomic mass is 10.2. The molecule has 0 heterocycles. The predicted molar refractivity (Wildman–Crippen MR) is 79.1 cm³/mol. The lowest BCUT2D eigenvalue weighted by Gasteiger charge is -2.07. The number of amidine groups is 1. The van der Waals surface area contributed by atoms with Gasteiger partial charge in [0, 0.05) is 5.69 Å². The minimum absolute atomic E-state index is 0.350. The quantitative estimate of drug-likeness (QED) is 0.493. The molecule has 0 fully saturated rings. The van der Waals surface area contributed by atoms with Crippen LogP contribution in [-0.4, -0.2) is 11.7 Å². The van der Waals surface area contributed by atoms with E-state index in [-0.39, 0.29) is 0 Å². The third-order valence-corrected chi connectivity index (χ3v) is 2.74. The van der Waals surface area contributed by atoms with Crippen LogP contribution in [0.2, 0.25) is 0 Å². The summed E-state index contributed by atoms with van der Waals surface area (Å²) in [6, 6.07) is 17.9. The van der Waals surface area contributed by atoms with Crippen molar-refractivity contribution in [2.45, 2.75) is 6.92 Å². The number of alkyl halides is 1. The van der Waals surface area contributed by atoms with Crippen LogP contribution in [0, 0.1) is 6.92 Å². The molecule has 0 aliphatic heterocycles. The Bertz CT molecular complexity index is 518. The van der Waals surface area contributed by atoms with Crippen LogP contribution in [0.1, 0.15) is 5.56 Å². The smallest absolute Gasteiger partial charge is 0.122 e. The highest BCUT2D eigenvalue weighted by Gasteiger charge is 1.99. The van der Waals surface area contributed by atoms with Crippen LogP contribution in [-0.2, 0) is 0 Å². The maximum atomic E-state index is 5.91. The second kappa shape index (κ2) is 6.22. The van der Waals surface area contributed by atoms with Crippen LogP contribution in [0.4, 0.5) is 11.4 Å². The van der Waals surface area contributed by atoms with Gasteiger partial charge in [-0.3, -0.25) is 0 Å². The largest absolute Gasteiger partial charge is 0.343 e. The van der Waals surface area contributed by atoms with E-state index in [0.29, 0.717) is 5.88 Å². The van der Waals surface area contributed by atoms with Crippen molar-refractivity contribution in [3.8, 4) is 0 Å². The number of halogens is 1. The Kier molecular flexibility index (Phi) is 4.37. The molecule has 0 saturated heterocycles. The van der Waals surface area contributed by atoms with Crippen molar-refractivity contribution in [2.75, 3.05) is 11.2 Å². The molecule has 0 radical (unpaired) electrons. The van der Waals surface area contributed by atoms with Crippen LogP contribution < -0.4 is 5.32 Å². The average molecular weight is 259 g/mol. The molecule has 0 atom stereocenters. The molecular weight excluding hydrogens is 244 g/mol.